The van der Waals surface area contributed by atoms with Crippen LogP contribution in [0, 0.1) is 0 Å². The summed E-state index contributed by atoms with van der Waals surface area (Å²) in [4.78, 5) is 0.945. The molecule has 3 N–H and O–H groups in total. The maximum Gasteiger partial charge on any atom is 0.405 e. The number of aromatic nitrogens is 2. The number of oxime groups is 1. The lowest BCUT2D eigenvalue weighted by atomic mass is 10.2. The second-order valence-electron chi connectivity index (χ2n) is 3.38. The largest absolute Gasteiger partial charge is 0.409 e. The summed E-state index contributed by atoms with van der Waals surface area (Å²) in [6, 6.07) is 1.33. The van der Waals surface area contributed by atoms with Gasteiger partial charge in [0.25, 0.3) is 0 Å². The molecule has 0 fully saturated rings. The monoisotopic (exact) mass is 263 g/mol. The Morgan fingerprint density at radius 2 is 2.22 bits per heavy atom. The van der Waals surface area contributed by atoms with Gasteiger partial charge in [0.2, 0.25) is 0 Å². The van der Waals surface area contributed by atoms with Gasteiger partial charge in [-0.15, -0.1) is 5.10 Å². The lowest BCUT2D eigenvalue weighted by molar-refractivity contribution is -0.119. The summed E-state index contributed by atoms with van der Waals surface area (Å²) in [6.07, 6.45) is -3.13. The fourth-order valence-corrected chi connectivity index (χ4v) is 1.36. The van der Waals surface area contributed by atoms with E-state index in [0.717, 1.165) is 4.90 Å². The van der Waals surface area contributed by atoms with Crippen LogP contribution < -0.4 is 10.6 Å². The predicted molar refractivity (Wildman–Crippen MR) is 58.5 cm³/mol. The van der Waals surface area contributed by atoms with Gasteiger partial charge >= 0.3 is 6.18 Å². The number of halogens is 3. The van der Waals surface area contributed by atoms with Gasteiger partial charge in [-0.3, -0.25) is 0 Å². The average Bonchev–Trinajstić information content (AvgIpc) is 2.34. The van der Waals surface area contributed by atoms with Crippen molar-refractivity contribution < 1.29 is 18.4 Å². The molecular weight excluding hydrogens is 251 g/mol. The average molecular weight is 263 g/mol. The van der Waals surface area contributed by atoms with Gasteiger partial charge in [0, 0.05) is 6.54 Å². The lowest BCUT2D eigenvalue weighted by Crippen LogP contribution is -2.36. The van der Waals surface area contributed by atoms with E-state index >= 15 is 0 Å². The first-order chi connectivity index (χ1) is 8.39. The van der Waals surface area contributed by atoms with E-state index in [1.807, 2.05) is 0 Å². The van der Waals surface area contributed by atoms with Gasteiger partial charge in [-0.1, -0.05) is 5.16 Å². The fraction of sp³-hybridized carbons (Fsp3) is 0.444. The summed E-state index contributed by atoms with van der Waals surface area (Å²) in [6.45, 7) is 0.411. The molecule has 9 heteroatoms. The molecule has 6 nitrogen and oxygen atoms in total. The maximum absolute atomic E-state index is 12.4. The molecule has 1 heterocycles. The second kappa shape index (κ2) is 5.52. The van der Waals surface area contributed by atoms with Crippen LogP contribution in [0.4, 0.5) is 19.0 Å². The third-order valence-electron chi connectivity index (χ3n) is 2.14. The van der Waals surface area contributed by atoms with Gasteiger partial charge in [0.05, 0.1) is 11.8 Å². The van der Waals surface area contributed by atoms with Crippen LogP contribution in [0.1, 0.15) is 12.5 Å². The molecule has 0 aliphatic rings. The van der Waals surface area contributed by atoms with Gasteiger partial charge in [-0.25, -0.2) is 0 Å². The van der Waals surface area contributed by atoms with Crippen molar-refractivity contribution in [2.75, 3.05) is 18.0 Å². The summed E-state index contributed by atoms with van der Waals surface area (Å²) in [5.41, 5.74) is 5.47. The summed E-state index contributed by atoms with van der Waals surface area (Å²) < 4.78 is 37.2. The van der Waals surface area contributed by atoms with Crippen molar-refractivity contribution >= 4 is 11.7 Å². The first kappa shape index (κ1) is 14.0. The number of hydrogen-bond acceptors (Lipinski definition) is 5. The van der Waals surface area contributed by atoms with E-state index in [-0.39, 0.29) is 23.8 Å². The molecule has 100 valence electrons. The van der Waals surface area contributed by atoms with Gasteiger partial charge in [-0.05, 0) is 13.0 Å². The molecule has 0 radical (unpaired) electrons. The van der Waals surface area contributed by atoms with Crippen molar-refractivity contribution in [1.82, 2.24) is 10.2 Å². The van der Waals surface area contributed by atoms with Gasteiger partial charge in [0.1, 0.15) is 6.54 Å². The zero-order chi connectivity index (χ0) is 13.8. The summed E-state index contributed by atoms with van der Waals surface area (Å²) >= 11 is 0. The molecule has 0 aliphatic carbocycles. The Morgan fingerprint density at radius 1 is 1.56 bits per heavy atom. The summed E-state index contributed by atoms with van der Waals surface area (Å²) in [5, 5.41) is 18.4. The minimum absolute atomic E-state index is 0.0594. The van der Waals surface area contributed by atoms with Crippen molar-refractivity contribution in [3.63, 3.8) is 0 Å². The van der Waals surface area contributed by atoms with E-state index in [1.165, 1.54) is 19.2 Å². The third-order valence-corrected chi connectivity index (χ3v) is 2.14. The maximum atomic E-state index is 12.4. The highest BCUT2D eigenvalue weighted by atomic mass is 19.4. The Labute approximate surface area is 101 Å². The molecule has 0 aromatic carbocycles. The lowest BCUT2D eigenvalue weighted by Gasteiger charge is -2.24. The first-order valence-corrected chi connectivity index (χ1v) is 5.00. The minimum Gasteiger partial charge on any atom is -0.409 e. The standard InChI is InChI=1S/C9H12F3N5O/c1-2-17(5-9(10,11)12)8-6(7(13)16-18)3-4-14-15-8/h3-4,18H,2,5H2,1H3,(H2,13,16). The third kappa shape index (κ3) is 3.47. The smallest absolute Gasteiger partial charge is 0.405 e. The molecule has 1 rings (SSSR count). The Bertz CT molecular complexity index is 434. The van der Waals surface area contributed by atoms with E-state index in [1.54, 1.807) is 0 Å². The van der Waals surface area contributed by atoms with Crippen molar-refractivity contribution in [1.29, 1.82) is 0 Å². The van der Waals surface area contributed by atoms with E-state index in [4.69, 9.17) is 10.9 Å². The SMILES string of the molecule is CCN(CC(F)(F)F)c1nnccc1/C(N)=N/O. The number of rotatable bonds is 4. The highest BCUT2D eigenvalue weighted by Gasteiger charge is 2.32. The molecular formula is C9H12F3N5O. The minimum atomic E-state index is -4.38. The van der Waals surface area contributed by atoms with E-state index in [9.17, 15) is 13.2 Å². The molecule has 0 spiro atoms. The Kier molecular flexibility index (Phi) is 4.29. The number of amidine groups is 1. The van der Waals surface area contributed by atoms with Crippen LogP contribution in [0.15, 0.2) is 17.4 Å². The number of hydrogen-bond donors (Lipinski definition) is 2. The van der Waals surface area contributed by atoms with Crippen molar-refractivity contribution in [2.45, 2.75) is 13.1 Å². The number of alkyl halides is 3. The van der Waals surface area contributed by atoms with Crippen LogP contribution in [0.3, 0.4) is 0 Å². The molecule has 0 aliphatic heterocycles. The number of anilines is 1. The van der Waals surface area contributed by atoms with E-state index < -0.39 is 12.7 Å². The molecule has 1 aromatic heterocycles. The quantitative estimate of drug-likeness (QED) is 0.365. The molecule has 0 saturated heterocycles. The van der Waals surface area contributed by atoms with Crippen LogP contribution in [-0.2, 0) is 0 Å². The van der Waals surface area contributed by atoms with Crippen LogP contribution in [0.5, 0.6) is 0 Å². The van der Waals surface area contributed by atoms with Crippen LogP contribution in [0.25, 0.3) is 0 Å². The van der Waals surface area contributed by atoms with Gasteiger partial charge in [0.15, 0.2) is 11.7 Å². The summed E-state index contributed by atoms with van der Waals surface area (Å²) in [7, 11) is 0. The molecule has 0 unspecified atom stereocenters. The second-order valence-corrected chi connectivity index (χ2v) is 3.38. The molecule has 0 saturated carbocycles. The topological polar surface area (TPSA) is 87.6 Å². The first-order valence-electron chi connectivity index (χ1n) is 5.00. The van der Waals surface area contributed by atoms with Crippen molar-refractivity contribution in [3.8, 4) is 0 Å². The Balaban J connectivity index is 3.14. The number of nitrogens with two attached hydrogens (primary N) is 1. The highest BCUT2D eigenvalue weighted by Crippen LogP contribution is 2.22. The molecule has 18 heavy (non-hydrogen) atoms. The zero-order valence-corrected chi connectivity index (χ0v) is 9.52. The van der Waals surface area contributed by atoms with Crippen LogP contribution in [0.2, 0.25) is 0 Å². The van der Waals surface area contributed by atoms with E-state index in [2.05, 4.69) is 15.4 Å². The highest BCUT2D eigenvalue weighted by molar-refractivity contribution is 6.01. The normalized spacial score (nSPS) is 12.6. The molecule has 0 bridgehead atoms. The van der Waals surface area contributed by atoms with Crippen molar-refractivity contribution in [3.05, 3.63) is 17.8 Å². The van der Waals surface area contributed by atoms with Gasteiger partial charge in [-0.2, -0.15) is 18.3 Å². The molecule has 1 aromatic rings. The molecule has 0 amide bonds. The Hall–Kier alpha value is -2.06. The zero-order valence-electron chi connectivity index (χ0n) is 9.52. The van der Waals surface area contributed by atoms with Gasteiger partial charge < -0.3 is 15.8 Å². The fourth-order valence-electron chi connectivity index (χ4n) is 1.36. The Morgan fingerprint density at radius 3 is 2.72 bits per heavy atom. The van der Waals surface area contributed by atoms with E-state index in [0.29, 0.717) is 0 Å². The number of nitrogens with zero attached hydrogens (tertiary/aromatic N) is 4. The van der Waals surface area contributed by atoms with Crippen molar-refractivity contribution in [2.24, 2.45) is 10.9 Å². The predicted octanol–water partition coefficient (Wildman–Crippen LogP) is 0.960. The molecule has 0 atom stereocenters. The summed E-state index contributed by atoms with van der Waals surface area (Å²) in [5.74, 6) is -0.395. The van der Waals surface area contributed by atoms with Crippen LogP contribution in [-0.4, -0.2) is 40.5 Å². The van der Waals surface area contributed by atoms with Crippen LogP contribution >= 0.6 is 0 Å².